The second-order valence-electron chi connectivity index (χ2n) is 5.44. The number of H-pyrrole nitrogens is 1. The molecule has 128 valence electrons. The van der Waals surface area contributed by atoms with Crippen LogP contribution in [-0.2, 0) is 0 Å². The summed E-state index contributed by atoms with van der Waals surface area (Å²) in [5, 5.41) is 10.9. The molecule has 0 unspecified atom stereocenters. The number of carbonyl (C=O) groups is 1. The number of aryl methyl sites for hydroxylation is 1. The highest BCUT2D eigenvalue weighted by Crippen LogP contribution is 2.20. The Morgan fingerprint density at radius 1 is 1.24 bits per heavy atom. The van der Waals surface area contributed by atoms with Crippen molar-refractivity contribution in [2.75, 3.05) is 7.11 Å². The predicted octanol–water partition coefficient (Wildman–Crippen LogP) is 3.14. The number of benzene rings is 1. The summed E-state index contributed by atoms with van der Waals surface area (Å²) in [5.74, 6) is 1.77. The van der Waals surface area contributed by atoms with Crippen molar-refractivity contribution in [3.8, 4) is 17.2 Å². The first-order chi connectivity index (χ1) is 12.1. The standard InChI is InChI=1S/C18H18N4O3/c1-11-4-9-17(25-11)15-10-16(21-20-15)18(23)22-19-12(2)13-5-7-14(24-3)8-6-13/h4-10H,1-3H3,(H,20,21)(H,22,23)/b19-12-. The normalized spacial score (nSPS) is 11.4. The van der Waals surface area contributed by atoms with Crippen molar-refractivity contribution in [2.45, 2.75) is 13.8 Å². The van der Waals surface area contributed by atoms with Crippen LogP contribution in [0.2, 0.25) is 0 Å². The number of carbonyl (C=O) groups excluding carboxylic acids is 1. The van der Waals surface area contributed by atoms with E-state index in [4.69, 9.17) is 9.15 Å². The number of hydrogen-bond acceptors (Lipinski definition) is 5. The van der Waals surface area contributed by atoms with Crippen molar-refractivity contribution in [3.05, 3.63) is 59.5 Å². The SMILES string of the molecule is COc1ccc(/C(C)=N\NC(=O)c2cc(-c3ccc(C)o3)[nH]n2)cc1. The maximum absolute atomic E-state index is 12.2. The van der Waals surface area contributed by atoms with Crippen LogP contribution in [0.1, 0.15) is 28.7 Å². The molecule has 0 atom stereocenters. The maximum Gasteiger partial charge on any atom is 0.291 e. The highest BCUT2D eigenvalue weighted by Gasteiger charge is 2.13. The number of nitrogens with zero attached hydrogens (tertiary/aromatic N) is 2. The lowest BCUT2D eigenvalue weighted by molar-refractivity contribution is 0.0950. The van der Waals surface area contributed by atoms with Crippen LogP contribution in [0.15, 0.2) is 52.0 Å². The number of rotatable bonds is 5. The van der Waals surface area contributed by atoms with Gasteiger partial charge in [0.2, 0.25) is 0 Å². The molecule has 2 heterocycles. The van der Waals surface area contributed by atoms with E-state index < -0.39 is 5.91 Å². The van der Waals surface area contributed by atoms with E-state index in [1.54, 1.807) is 13.2 Å². The molecule has 3 aromatic rings. The fraction of sp³-hybridized carbons (Fsp3) is 0.167. The molecule has 0 fully saturated rings. The van der Waals surface area contributed by atoms with Crippen LogP contribution in [0.25, 0.3) is 11.5 Å². The second-order valence-corrected chi connectivity index (χ2v) is 5.44. The minimum atomic E-state index is -0.404. The number of hydrogen-bond donors (Lipinski definition) is 2. The molecule has 7 nitrogen and oxygen atoms in total. The zero-order valence-electron chi connectivity index (χ0n) is 14.2. The van der Waals surface area contributed by atoms with Gasteiger partial charge in [0, 0.05) is 6.07 Å². The van der Waals surface area contributed by atoms with Gasteiger partial charge < -0.3 is 9.15 Å². The molecule has 0 bridgehead atoms. The number of aromatic nitrogens is 2. The smallest absolute Gasteiger partial charge is 0.291 e. The first kappa shape index (κ1) is 16.5. The number of methoxy groups -OCH3 is 1. The van der Waals surface area contributed by atoms with Gasteiger partial charge in [-0.15, -0.1) is 0 Å². The lowest BCUT2D eigenvalue weighted by atomic mass is 10.1. The van der Waals surface area contributed by atoms with E-state index in [0.29, 0.717) is 17.2 Å². The minimum absolute atomic E-state index is 0.232. The topological polar surface area (TPSA) is 92.5 Å². The van der Waals surface area contributed by atoms with E-state index >= 15 is 0 Å². The molecule has 25 heavy (non-hydrogen) atoms. The van der Waals surface area contributed by atoms with Crippen LogP contribution in [0.5, 0.6) is 5.75 Å². The number of furan rings is 1. The third-order valence-electron chi connectivity index (χ3n) is 3.65. The van der Waals surface area contributed by atoms with Gasteiger partial charge in [-0.25, -0.2) is 5.43 Å². The summed E-state index contributed by atoms with van der Waals surface area (Å²) >= 11 is 0. The molecule has 0 aliphatic rings. The first-order valence-corrected chi connectivity index (χ1v) is 7.68. The van der Waals surface area contributed by atoms with Crippen molar-refractivity contribution in [1.82, 2.24) is 15.6 Å². The molecule has 0 aliphatic carbocycles. The quantitative estimate of drug-likeness (QED) is 0.552. The van der Waals surface area contributed by atoms with Gasteiger partial charge in [0.1, 0.15) is 17.2 Å². The first-order valence-electron chi connectivity index (χ1n) is 7.68. The molecular formula is C18H18N4O3. The molecule has 1 aromatic carbocycles. The fourth-order valence-corrected chi connectivity index (χ4v) is 2.23. The zero-order chi connectivity index (χ0) is 17.8. The van der Waals surface area contributed by atoms with Crippen LogP contribution in [0.3, 0.4) is 0 Å². The van der Waals surface area contributed by atoms with Gasteiger partial charge in [0.25, 0.3) is 5.91 Å². The molecule has 0 radical (unpaired) electrons. The van der Waals surface area contributed by atoms with E-state index in [1.165, 1.54) is 0 Å². The number of aromatic amines is 1. The molecule has 0 aliphatic heterocycles. The average molecular weight is 338 g/mol. The number of ether oxygens (including phenoxy) is 1. The van der Waals surface area contributed by atoms with Gasteiger partial charge in [-0.2, -0.15) is 10.2 Å². The Bertz CT molecular complexity index is 907. The Hall–Kier alpha value is -3.35. The van der Waals surface area contributed by atoms with Gasteiger partial charge in [0.15, 0.2) is 11.5 Å². The summed E-state index contributed by atoms with van der Waals surface area (Å²) in [6, 6.07) is 12.7. The molecule has 0 spiro atoms. The van der Waals surface area contributed by atoms with Gasteiger partial charge in [-0.1, -0.05) is 0 Å². The summed E-state index contributed by atoms with van der Waals surface area (Å²) in [6.07, 6.45) is 0. The van der Waals surface area contributed by atoms with E-state index in [2.05, 4.69) is 20.7 Å². The highest BCUT2D eigenvalue weighted by atomic mass is 16.5. The molecular weight excluding hydrogens is 320 g/mol. The summed E-state index contributed by atoms with van der Waals surface area (Å²) in [6.45, 7) is 3.66. The second kappa shape index (κ2) is 7.04. The lowest BCUT2D eigenvalue weighted by Gasteiger charge is -2.03. The Labute approximate surface area is 144 Å². The van der Waals surface area contributed by atoms with Crippen LogP contribution in [0.4, 0.5) is 0 Å². The van der Waals surface area contributed by atoms with Crippen molar-refractivity contribution in [2.24, 2.45) is 5.10 Å². The Balaban J connectivity index is 1.68. The summed E-state index contributed by atoms with van der Waals surface area (Å²) in [7, 11) is 1.61. The summed E-state index contributed by atoms with van der Waals surface area (Å²) in [4.78, 5) is 12.2. The van der Waals surface area contributed by atoms with Gasteiger partial charge >= 0.3 is 0 Å². The molecule has 1 amide bonds. The molecule has 0 saturated carbocycles. The van der Waals surface area contributed by atoms with Crippen molar-refractivity contribution in [1.29, 1.82) is 0 Å². The monoisotopic (exact) mass is 338 g/mol. The maximum atomic E-state index is 12.2. The Kier molecular flexibility index (Phi) is 4.65. The highest BCUT2D eigenvalue weighted by molar-refractivity contribution is 6.00. The van der Waals surface area contributed by atoms with Crippen LogP contribution in [-0.4, -0.2) is 28.9 Å². The lowest BCUT2D eigenvalue weighted by Crippen LogP contribution is -2.19. The van der Waals surface area contributed by atoms with E-state index in [0.717, 1.165) is 17.1 Å². The van der Waals surface area contributed by atoms with E-state index in [9.17, 15) is 4.79 Å². The Morgan fingerprint density at radius 2 is 2.00 bits per heavy atom. The largest absolute Gasteiger partial charge is 0.497 e. The van der Waals surface area contributed by atoms with Gasteiger partial charge in [-0.3, -0.25) is 9.89 Å². The van der Waals surface area contributed by atoms with Crippen molar-refractivity contribution >= 4 is 11.6 Å². The number of nitrogens with one attached hydrogen (secondary N) is 2. The summed E-state index contributed by atoms with van der Waals surface area (Å²) in [5.41, 5.74) is 4.92. The minimum Gasteiger partial charge on any atom is -0.497 e. The third kappa shape index (κ3) is 3.77. The predicted molar refractivity (Wildman–Crippen MR) is 93.7 cm³/mol. The molecule has 3 rings (SSSR count). The van der Waals surface area contributed by atoms with Crippen LogP contribution in [0, 0.1) is 6.92 Å². The average Bonchev–Trinajstić information content (AvgIpc) is 3.28. The van der Waals surface area contributed by atoms with Crippen LogP contribution >= 0.6 is 0 Å². The molecule has 2 N–H and O–H groups in total. The summed E-state index contributed by atoms with van der Waals surface area (Å²) < 4.78 is 10.6. The van der Waals surface area contributed by atoms with Crippen LogP contribution < -0.4 is 10.2 Å². The van der Waals surface area contributed by atoms with Gasteiger partial charge in [0.05, 0.1) is 12.8 Å². The molecule has 0 saturated heterocycles. The number of hydrazone groups is 1. The van der Waals surface area contributed by atoms with Crippen molar-refractivity contribution in [3.63, 3.8) is 0 Å². The van der Waals surface area contributed by atoms with E-state index in [1.807, 2.05) is 50.2 Å². The Morgan fingerprint density at radius 3 is 2.64 bits per heavy atom. The van der Waals surface area contributed by atoms with Gasteiger partial charge in [-0.05, 0) is 55.8 Å². The third-order valence-corrected chi connectivity index (χ3v) is 3.65. The van der Waals surface area contributed by atoms with E-state index in [-0.39, 0.29) is 5.69 Å². The fourth-order valence-electron chi connectivity index (χ4n) is 2.23. The molecule has 7 heteroatoms. The zero-order valence-corrected chi connectivity index (χ0v) is 14.2. The number of amides is 1. The molecule has 2 aromatic heterocycles. The van der Waals surface area contributed by atoms with Crippen molar-refractivity contribution < 1.29 is 13.9 Å².